The van der Waals surface area contributed by atoms with E-state index in [9.17, 15) is 0 Å². The number of halogens is 1. The lowest BCUT2D eigenvalue weighted by molar-refractivity contribution is 0.953. The Labute approximate surface area is 75.2 Å². The molecule has 1 rings (SSSR count). The molecule has 0 amide bonds. The van der Waals surface area contributed by atoms with Crippen molar-refractivity contribution in [3.05, 3.63) is 23.3 Å². The molecule has 1 heterocycles. The fraction of sp³-hybridized carbons (Fsp3) is 0.500. The second-order valence-corrected chi connectivity index (χ2v) is 3.26. The summed E-state index contributed by atoms with van der Waals surface area (Å²) in [5.74, 6) is 0.848. The molecule has 0 N–H and O–H groups in total. The van der Waals surface area contributed by atoms with E-state index in [1.165, 1.54) is 5.56 Å². The molecule has 2 nitrogen and oxygen atoms in total. The van der Waals surface area contributed by atoms with Crippen LogP contribution in [0.4, 0.5) is 0 Å². The van der Waals surface area contributed by atoms with Crippen LogP contribution in [-0.4, -0.2) is 15.3 Å². The average molecular weight is 215 g/mol. The fourth-order valence-corrected chi connectivity index (χ4v) is 1.38. The molecule has 0 aliphatic rings. The first-order chi connectivity index (χ1) is 5.24. The molecule has 0 atom stereocenters. The third kappa shape index (κ3) is 2.26. The number of alkyl halides is 1. The van der Waals surface area contributed by atoms with E-state index in [4.69, 9.17) is 0 Å². The minimum absolute atomic E-state index is 0.848. The predicted octanol–water partition coefficient (Wildman–Crippen LogP) is 2.03. The maximum absolute atomic E-state index is 4.26. The van der Waals surface area contributed by atoms with Crippen LogP contribution in [0.5, 0.6) is 0 Å². The van der Waals surface area contributed by atoms with E-state index < -0.39 is 0 Å². The van der Waals surface area contributed by atoms with Crippen molar-refractivity contribution in [1.29, 1.82) is 0 Å². The van der Waals surface area contributed by atoms with Gasteiger partial charge in [0.2, 0.25) is 0 Å². The van der Waals surface area contributed by atoms with Gasteiger partial charge in [0.15, 0.2) is 0 Å². The second kappa shape index (κ2) is 3.81. The Hall–Kier alpha value is -0.440. The molecular weight excluding hydrogens is 204 g/mol. The maximum Gasteiger partial charge on any atom is 0.125 e. The first-order valence-electron chi connectivity index (χ1n) is 3.59. The van der Waals surface area contributed by atoms with Crippen molar-refractivity contribution in [3.8, 4) is 0 Å². The molecule has 3 heteroatoms. The number of hydrogen-bond donors (Lipinski definition) is 0. The van der Waals surface area contributed by atoms with E-state index in [1.807, 2.05) is 20.0 Å². The van der Waals surface area contributed by atoms with Gasteiger partial charge in [-0.15, -0.1) is 0 Å². The highest BCUT2D eigenvalue weighted by atomic mass is 79.9. The molecule has 0 aromatic carbocycles. The molecule has 0 aliphatic heterocycles. The van der Waals surface area contributed by atoms with Gasteiger partial charge in [0.05, 0.1) is 0 Å². The summed E-state index contributed by atoms with van der Waals surface area (Å²) >= 11 is 3.38. The Morgan fingerprint density at radius 3 is 2.73 bits per heavy atom. The number of rotatable bonds is 2. The first kappa shape index (κ1) is 8.65. The third-order valence-corrected chi connectivity index (χ3v) is 1.96. The summed E-state index contributed by atoms with van der Waals surface area (Å²) in [6, 6.07) is 0. The van der Waals surface area contributed by atoms with Gasteiger partial charge >= 0.3 is 0 Å². The highest BCUT2D eigenvalue weighted by Gasteiger charge is 1.98. The van der Waals surface area contributed by atoms with Crippen LogP contribution in [0.1, 0.15) is 17.1 Å². The summed E-state index contributed by atoms with van der Waals surface area (Å²) < 4.78 is 0. The zero-order chi connectivity index (χ0) is 8.27. The lowest BCUT2D eigenvalue weighted by Crippen LogP contribution is -1.97. The highest BCUT2D eigenvalue weighted by Crippen LogP contribution is 2.05. The normalized spacial score (nSPS) is 10.1. The van der Waals surface area contributed by atoms with Crippen molar-refractivity contribution in [1.82, 2.24) is 9.97 Å². The summed E-state index contributed by atoms with van der Waals surface area (Å²) in [5.41, 5.74) is 2.32. The Bertz CT molecular complexity index is 248. The Morgan fingerprint density at radius 2 is 2.18 bits per heavy atom. The van der Waals surface area contributed by atoms with E-state index in [2.05, 4.69) is 25.9 Å². The van der Waals surface area contributed by atoms with Crippen LogP contribution in [0, 0.1) is 13.8 Å². The third-order valence-electron chi connectivity index (χ3n) is 1.57. The van der Waals surface area contributed by atoms with Gasteiger partial charge in [-0.3, -0.25) is 0 Å². The van der Waals surface area contributed by atoms with Crippen LogP contribution in [0.15, 0.2) is 6.20 Å². The molecule has 11 heavy (non-hydrogen) atoms. The average Bonchev–Trinajstić information content (AvgIpc) is 1.95. The van der Waals surface area contributed by atoms with Crippen molar-refractivity contribution in [3.63, 3.8) is 0 Å². The summed E-state index contributed by atoms with van der Waals surface area (Å²) in [6.45, 7) is 3.93. The van der Waals surface area contributed by atoms with Crippen LogP contribution in [0.2, 0.25) is 0 Å². The second-order valence-electron chi connectivity index (χ2n) is 2.47. The molecule has 0 bridgehead atoms. The minimum Gasteiger partial charge on any atom is -0.241 e. The monoisotopic (exact) mass is 214 g/mol. The molecule has 0 unspecified atom stereocenters. The zero-order valence-corrected chi connectivity index (χ0v) is 8.35. The molecule has 0 aliphatic carbocycles. The van der Waals surface area contributed by atoms with Crippen molar-refractivity contribution in [2.45, 2.75) is 20.3 Å². The van der Waals surface area contributed by atoms with Gasteiger partial charge in [0.1, 0.15) is 5.82 Å². The van der Waals surface area contributed by atoms with Gasteiger partial charge in [-0.1, -0.05) is 15.9 Å². The van der Waals surface area contributed by atoms with Gasteiger partial charge < -0.3 is 0 Å². The highest BCUT2D eigenvalue weighted by molar-refractivity contribution is 9.09. The van der Waals surface area contributed by atoms with Gasteiger partial charge in [-0.2, -0.15) is 0 Å². The summed E-state index contributed by atoms with van der Waals surface area (Å²) in [7, 11) is 0. The zero-order valence-electron chi connectivity index (χ0n) is 6.76. The van der Waals surface area contributed by atoms with Gasteiger partial charge in [0.25, 0.3) is 0 Å². The van der Waals surface area contributed by atoms with Crippen LogP contribution in [0.3, 0.4) is 0 Å². The van der Waals surface area contributed by atoms with E-state index >= 15 is 0 Å². The number of aromatic nitrogens is 2. The maximum atomic E-state index is 4.26. The van der Waals surface area contributed by atoms with E-state index in [-0.39, 0.29) is 0 Å². The Balaban J connectivity index is 2.90. The van der Waals surface area contributed by atoms with E-state index in [0.717, 1.165) is 23.3 Å². The van der Waals surface area contributed by atoms with Crippen LogP contribution >= 0.6 is 15.9 Å². The minimum atomic E-state index is 0.848. The van der Waals surface area contributed by atoms with Crippen molar-refractivity contribution in [2.75, 3.05) is 5.33 Å². The molecule has 1 aromatic heterocycles. The van der Waals surface area contributed by atoms with Crippen molar-refractivity contribution < 1.29 is 0 Å². The molecule has 0 saturated heterocycles. The van der Waals surface area contributed by atoms with Gasteiger partial charge in [-0.05, 0) is 25.8 Å². The molecule has 0 saturated carbocycles. The molecular formula is C8H11BrN2. The number of aryl methyl sites for hydroxylation is 3. The Morgan fingerprint density at radius 1 is 1.45 bits per heavy atom. The summed E-state index contributed by atoms with van der Waals surface area (Å²) in [4.78, 5) is 8.39. The van der Waals surface area contributed by atoms with Gasteiger partial charge in [-0.25, -0.2) is 9.97 Å². The van der Waals surface area contributed by atoms with Crippen LogP contribution < -0.4 is 0 Å². The lowest BCUT2D eigenvalue weighted by Gasteiger charge is -2.01. The van der Waals surface area contributed by atoms with Gasteiger partial charge in [0, 0.05) is 17.2 Å². The molecule has 0 radical (unpaired) electrons. The van der Waals surface area contributed by atoms with Crippen molar-refractivity contribution >= 4 is 15.9 Å². The van der Waals surface area contributed by atoms with Crippen LogP contribution in [0.25, 0.3) is 0 Å². The number of nitrogens with zero attached hydrogens (tertiary/aromatic N) is 2. The predicted molar refractivity (Wildman–Crippen MR) is 49.0 cm³/mol. The smallest absolute Gasteiger partial charge is 0.125 e. The topological polar surface area (TPSA) is 25.8 Å². The summed E-state index contributed by atoms with van der Waals surface area (Å²) in [5, 5.41) is 0.972. The lowest BCUT2D eigenvalue weighted by atomic mass is 10.2. The van der Waals surface area contributed by atoms with Crippen LogP contribution in [-0.2, 0) is 6.42 Å². The first-order valence-corrected chi connectivity index (χ1v) is 4.71. The van der Waals surface area contributed by atoms with Crippen molar-refractivity contribution in [2.24, 2.45) is 0 Å². The Kier molecular flexibility index (Phi) is 3.00. The van der Waals surface area contributed by atoms with E-state index in [1.54, 1.807) is 0 Å². The largest absolute Gasteiger partial charge is 0.241 e. The standard InChI is InChI=1S/C8H11BrN2/c1-6-8(3-4-9)5-10-7(2)11-6/h5H,3-4H2,1-2H3. The molecule has 0 fully saturated rings. The number of hydrogen-bond acceptors (Lipinski definition) is 2. The molecule has 60 valence electrons. The van der Waals surface area contributed by atoms with E-state index in [0.29, 0.717) is 0 Å². The quantitative estimate of drug-likeness (QED) is 0.705. The summed E-state index contributed by atoms with van der Waals surface area (Å²) in [6.07, 6.45) is 2.91. The molecule has 1 aromatic rings. The molecule has 0 spiro atoms. The fourth-order valence-electron chi connectivity index (χ4n) is 0.955. The SMILES string of the molecule is Cc1ncc(CCBr)c(C)n1.